The van der Waals surface area contributed by atoms with E-state index in [1.54, 1.807) is 7.11 Å². The minimum atomic E-state index is -0.970. The first-order valence-electron chi connectivity index (χ1n) is 4.78. The number of ether oxygens (including phenoxy) is 1. The van der Waals surface area contributed by atoms with E-state index in [-0.39, 0.29) is 6.42 Å². The van der Waals surface area contributed by atoms with Crippen molar-refractivity contribution >= 4 is 5.97 Å². The van der Waals surface area contributed by atoms with E-state index < -0.39 is 12.1 Å². The summed E-state index contributed by atoms with van der Waals surface area (Å²) in [6, 6.07) is 0.364. The number of hydrogen-bond acceptors (Lipinski definition) is 4. The van der Waals surface area contributed by atoms with Crippen molar-refractivity contribution in [2.24, 2.45) is 0 Å². The lowest BCUT2D eigenvalue weighted by Gasteiger charge is -2.35. The number of methoxy groups -OCH3 is 1. The highest BCUT2D eigenvalue weighted by molar-refractivity contribution is 5.67. The molecule has 0 bridgehead atoms. The SMILES string of the molecule is COC1CC(NCC(O)CC(=O)O)C1. The molecular formula is C9H17NO4. The standard InChI is InChI=1S/C9H17NO4/c1-14-8-2-6(3-8)10-5-7(11)4-9(12)13/h6-8,10-11H,2-5H2,1H3,(H,12,13). The lowest BCUT2D eigenvalue weighted by molar-refractivity contribution is -0.139. The van der Waals surface area contributed by atoms with Gasteiger partial charge in [0.1, 0.15) is 0 Å². The molecule has 0 aliphatic heterocycles. The number of nitrogens with one attached hydrogen (secondary N) is 1. The van der Waals surface area contributed by atoms with Crippen LogP contribution in [0.3, 0.4) is 0 Å². The highest BCUT2D eigenvalue weighted by atomic mass is 16.5. The molecule has 5 nitrogen and oxygen atoms in total. The number of aliphatic hydroxyl groups excluding tert-OH is 1. The van der Waals surface area contributed by atoms with Gasteiger partial charge in [-0.3, -0.25) is 4.79 Å². The second-order valence-corrected chi connectivity index (χ2v) is 3.69. The Morgan fingerprint density at radius 3 is 2.79 bits per heavy atom. The second kappa shape index (κ2) is 5.29. The molecule has 0 aromatic heterocycles. The summed E-state index contributed by atoms with van der Waals surface area (Å²) in [7, 11) is 1.68. The van der Waals surface area contributed by atoms with Crippen molar-refractivity contribution in [3.05, 3.63) is 0 Å². The largest absolute Gasteiger partial charge is 0.481 e. The summed E-state index contributed by atoms with van der Waals surface area (Å²) in [5, 5.41) is 20.7. The quantitative estimate of drug-likeness (QED) is 0.547. The Morgan fingerprint density at radius 1 is 1.64 bits per heavy atom. The van der Waals surface area contributed by atoms with Gasteiger partial charge in [0.15, 0.2) is 0 Å². The van der Waals surface area contributed by atoms with Crippen LogP contribution in [0.15, 0.2) is 0 Å². The first kappa shape index (κ1) is 11.4. The van der Waals surface area contributed by atoms with Crippen LogP contribution >= 0.6 is 0 Å². The molecule has 1 fully saturated rings. The average Bonchev–Trinajstić information content (AvgIpc) is 2.00. The summed E-state index contributed by atoms with van der Waals surface area (Å²) in [5.41, 5.74) is 0. The van der Waals surface area contributed by atoms with E-state index in [0.29, 0.717) is 18.7 Å². The van der Waals surface area contributed by atoms with Gasteiger partial charge in [0, 0.05) is 19.7 Å². The van der Waals surface area contributed by atoms with Crippen molar-refractivity contribution in [2.75, 3.05) is 13.7 Å². The van der Waals surface area contributed by atoms with Gasteiger partial charge in [0.2, 0.25) is 0 Å². The molecule has 3 N–H and O–H groups in total. The first-order chi connectivity index (χ1) is 6.61. The van der Waals surface area contributed by atoms with Gasteiger partial charge >= 0.3 is 5.97 Å². The maximum absolute atomic E-state index is 10.2. The van der Waals surface area contributed by atoms with Gasteiger partial charge in [0.25, 0.3) is 0 Å². The van der Waals surface area contributed by atoms with E-state index in [4.69, 9.17) is 9.84 Å². The van der Waals surface area contributed by atoms with Crippen LogP contribution in [0.5, 0.6) is 0 Å². The van der Waals surface area contributed by atoms with E-state index >= 15 is 0 Å². The molecule has 1 unspecified atom stereocenters. The predicted octanol–water partition coefficient (Wildman–Crippen LogP) is -0.411. The molecule has 14 heavy (non-hydrogen) atoms. The average molecular weight is 203 g/mol. The van der Waals surface area contributed by atoms with Crippen LogP contribution in [0.4, 0.5) is 0 Å². The van der Waals surface area contributed by atoms with Gasteiger partial charge < -0.3 is 20.3 Å². The molecule has 0 aromatic rings. The fourth-order valence-corrected chi connectivity index (χ4v) is 1.50. The van der Waals surface area contributed by atoms with Crippen LogP contribution in [-0.2, 0) is 9.53 Å². The zero-order chi connectivity index (χ0) is 10.6. The normalized spacial score (nSPS) is 28.1. The topological polar surface area (TPSA) is 78.8 Å². The zero-order valence-electron chi connectivity index (χ0n) is 8.27. The van der Waals surface area contributed by atoms with E-state index in [9.17, 15) is 9.90 Å². The Bertz CT molecular complexity index is 191. The lowest BCUT2D eigenvalue weighted by atomic mass is 9.89. The third kappa shape index (κ3) is 3.61. The van der Waals surface area contributed by atoms with Crippen LogP contribution in [0.25, 0.3) is 0 Å². The van der Waals surface area contributed by atoms with Crippen molar-refractivity contribution in [3.8, 4) is 0 Å². The number of rotatable bonds is 6. The van der Waals surface area contributed by atoms with Crippen LogP contribution in [0, 0.1) is 0 Å². The lowest BCUT2D eigenvalue weighted by Crippen LogP contribution is -2.47. The van der Waals surface area contributed by atoms with Gasteiger partial charge in [-0.2, -0.15) is 0 Å². The molecule has 0 aromatic carbocycles. The smallest absolute Gasteiger partial charge is 0.306 e. The molecular weight excluding hydrogens is 186 g/mol. The van der Waals surface area contributed by atoms with Gasteiger partial charge in [-0.1, -0.05) is 0 Å². The Balaban J connectivity index is 2.01. The van der Waals surface area contributed by atoms with Crippen molar-refractivity contribution < 1.29 is 19.7 Å². The zero-order valence-corrected chi connectivity index (χ0v) is 8.27. The number of carboxylic acid groups (broad SMARTS) is 1. The summed E-state index contributed by atoms with van der Waals surface area (Å²) in [5.74, 6) is -0.970. The number of carboxylic acids is 1. The number of carbonyl (C=O) groups is 1. The minimum Gasteiger partial charge on any atom is -0.481 e. The predicted molar refractivity (Wildman–Crippen MR) is 50.1 cm³/mol. The third-order valence-corrected chi connectivity index (χ3v) is 2.48. The fourth-order valence-electron chi connectivity index (χ4n) is 1.50. The molecule has 0 spiro atoms. The summed E-state index contributed by atoms with van der Waals surface area (Å²) in [6.45, 7) is 0.341. The Kier molecular flexibility index (Phi) is 4.31. The van der Waals surface area contributed by atoms with Crippen molar-refractivity contribution in [1.82, 2.24) is 5.32 Å². The molecule has 82 valence electrons. The van der Waals surface area contributed by atoms with Crippen molar-refractivity contribution in [2.45, 2.75) is 37.5 Å². The summed E-state index contributed by atoms with van der Waals surface area (Å²) >= 11 is 0. The first-order valence-corrected chi connectivity index (χ1v) is 4.78. The van der Waals surface area contributed by atoms with E-state index in [2.05, 4.69) is 5.32 Å². The van der Waals surface area contributed by atoms with Gasteiger partial charge in [-0.05, 0) is 12.8 Å². The maximum Gasteiger partial charge on any atom is 0.306 e. The molecule has 0 saturated heterocycles. The van der Waals surface area contributed by atoms with Crippen LogP contribution in [0.2, 0.25) is 0 Å². The molecule has 1 aliphatic carbocycles. The van der Waals surface area contributed by atoms with E-state index in [1.807, 2.05) is 0 Å². The van der Waals surface area contributed by atoms with Gasteiger partial charge in [-0.15, -0.1) is 0 Å². The van der Waals surface area contributed by atoms with Crippen molar-refractivity contribution in [3.63, 3.8) is 0 Å². The Labute approximate surface area is 83.1 Å². The summed E-state index contributed by atoms with van der Waals surface area (Å²) in [6.07, 6.45) is 1.21. The maximum atomic E-state index is 10.2. The Morgan fingerprint density at radius 2 is 2.29 bits per heavy atom. The monoisotopic (exact) mass is 203 g/mol. The molecule has 1 rings (SSSR count). The molecule has 1 aliphatic rings. The van der Waals surface area contributed by atoms with Crippen LogP contribution in [0.1, 0.15) is 19.3 Å². The minimum absolute atomic E-state index is 0.201. The van der Waals surface area contributed by atoms with E-state index in [1.165, 1.54) is 0 Å². The molecule has 5 heteroatoms. The Hall–Kier alpha value is -0.650. The number of aliphatic carboxylic acids is 1. The fraction of sp³-hybridized carbons (Fsp3) is 0.889. The third-order valence-electron chi connectivity index (χ3n) is 2.48. The number of aliphatic hydroxyl groups is 1. The molecule has 1 atom stereocenters. The molecule has 0 radical (unpaired) electrons. The van der Waals surface area contributed by atoms with Crippen LogP contribution < -0.4 is 5.32 Å². The number of hydrogen-bond donors (Lipinski definition) is 3. The molecule has 1 saturated carbocycles. The summed E-state index contributed by atoms with van der Waals surface area (Å²) < 4.78 is 5.09. The highest BCUT2D eigenvalue weighted by Gasteiger charge is 2.28. The highest BCUT2D eigenvalue weighted by Crippen LogP contribution is 2.22. The summed E-state index contributed by atoms with van der Waals surface area (Å²) in [4.78, 5) is 10.2. The molecule has 0 amide bonds. The van der Waals surface area contributed by atoms with Crippen LogP contribution in [-0.4, -0.2) is 48.1 Å². The molecule has 0 heterocycles. The van der Waals surface area contributed by atoms with Gasteiger partial charge in [-0.25, -0.2) is 0 Å². The van der Waals surface area contributed by atoms with E-state index in [0.717, 1.165) is 12.8 Å². The van der Waals surface area contributed by atoms with Gasteiger partial charge in [0.05, 0.1) is 18.6 Å². The van der Waals surface area contributed by atoms with Crippen molar-refractivity contribution in [1.29, 1.82) is 0 Å². The second-order valence-electron chi connectivity index (χ2n) is 3.69.